The molecule has 0 saturated carbocycles. The van der Waals surface area contributed by atoms with Crippen molar-refractivity contribution in [2.24, 2.45) is 0 Å². The third kappa shape index (κ3) is 6.53. The van der Waals surface area contributed by atoms with Crippen LogP contribution in [0.4, 0.5) is 0 Å². The van der Waals surface area contributed by atoms with Crippen LogP contribution in [0.3, 0.4) is 0 Å². The molecule has 0 amide bonds. The van der Waals surface area contributed by atoms with Gasteiger partial charge in [0.2, 0.25) is 0 Å². The van der Waals surface area contributed by atoms with Crippen molar-refractivity contribution in [1.82, 2.24) is 0 Å². The minimum absolute atomic E-state index is 0.771. The maximum atomic E-state index is 5.43. The van der Waals surface area contributed by atoms with Gasteiger partial charge in [-0.1, -0.05) is 29.2 Å². The largest absolute Gasteiger partial charge is 0.417 e. The van der Waals surface area contributed by atoms with Crippen LogP contribution in [-0.4, -0.2) is 20.1 Å². The van der Waals surface area contributed by atoms with Gasteiger partial charge in [0.1, 0.15) is 0 Å². The Bertz CT molecular complexity index is 93.1. The van der Waals surface area contributed by atoms with Crippen molar-refractivity contribution in [3.8, 4) is 0 Å². The standard InChI is InChI=1S/C6H13IOSi/c1-6(4-7)5-8-9(2)3/h9H,1,4-5H2,2-3H3. The molecule has 0 aliphatic heterocycles. The summed E-state index contributed by atoms with van der Waals surface area (Å²) in [6, 6.07) is 0. The van der Waals surface area contributed by atoms with Crippen LogP contribution in [0.15, 0.2) is 12.2 Å². The maximum Gasteiger partial charge on any atom is 0.171 e. The molecule has 0 bridgehead atoms. The van der Waals surface area contributed by atoms with Crippen LogP contribution < -0.4 is 0 Å². The van der Waals surface area contributed by atoms with Crippen molar-refractivity contribution >= 4 is 31.6 Å². The van der Waals surface area contributed by atoms with Gasteiger partial charge in [-0.15, -0.1) is 0 Å². The van der Waals surface area contributed by atoms with Gasteiger partial charge in [0.05, 0.1) is 6.61 Å². The highest BCUT2D eigenvalue weighted by molar-refractivity contribution is 14.1. The second-order valence-corrected chi connectivity index (χ2v) is 5.44. The summed E-state index contributed by atoms with van der Waals surface area (Å²) in [5, 5.41) is 0. The van der Waals surface area contributed by atoms with Gasteiger partial charge < -0.3 is 4.43 Å². The van der Waals surface area contributed by atoms with E-state index >= 15 is 0 Å². The van der Waals surface area contributed by atoms with Crippen LogP contribution in [0.1, 0.15) is 0 Å². The molecule has 0 N–H and O–H groups in total. The first-order valence-electron chi connectivity index (χ1n) is 3.01. The number of alkyl halides is 1. The van der Waals surface area contributed by atoms with Gasteiger partial charge in [-0.25, -0.2) is 0 Å². The predicted octanol–water partition coefficient (Wildman–Crippen LogP) is 1.98. The Balaban J connectivity index is 3.17. The van der Waals surface area contributed by atoms with Crippen LogP contribution >= 0.6 is 22.6 Å². The first-order valence-corrected chi connectivity index (χ1v) is 7.31. The third-order valence-corrected chi connectivity index (χ3v) is 2.72. The fraction of sp³-hybridized carbons (Fsp3) is 0.667. The van der Waals surface area contributed by atoms with E-state index in [1.807, 2.05) is 0 Å². The first kappa shape index (κ1) is 9.65. The molecule has 0 atom stereocenters. The summed E-state index contributed by atoms with van der Waals surface area (Å²) in [7, 11) is -0.805. The summed E-state index contributed by atoms with van der Waals surface area (Å²) in [5.41, 5.74) is 1.19. The quantitative estimate of drug-likeness (QED) is 0.323. The van der Waals surface area contributed by atoms with E-state index in [1.165, 1.54) is 5.57 Å². The molecule has 54 valence electrons. The fourth-order valence-corrected chi connectivity index (χ4v) is 1.11. The Hall–Kier alpha value is 0.647. The van der Waals surface area contributed by atoms with E-state index in [9.17, 15) is 0 Å². The van der Waals surface area contributed by atoms with Crippen LogP contribution in [0.25, 0.3) is 0 Å². The summed E-state index contributed by atoms with van der Waals surface area (Å²) in [4.78, 5) is 0. The number of hydrogen-bond donors (Lipinski definition) is 0. The van der Waals surface area contributed by atoms with E-state index in [1.54, 1.807) is 0 Å². The third-order valence-electron chi connectivity index (χ3n) is 0.810. The molecule has 0 rings (SSSR count). The average molecular weight is 256 g/mol. The van der Waals surface area contributed by atoms with Crippen LogP contribution in [0.2, 0.25) is 13.1 Å². The molecular formula is C6H13IOSi. The van der Waals surface area contributed by atoms with Gasteiger partial charge in [0, 0.05) is 4.43 Å². The predicted molar refractivity (Wildman–Crippen MR) is 52.9 cm³/mol. The fourth-order valence-electron chi connectivity index (χ4n) is 0.323. The first-order chi connectivity index (χ1) is 4.16. The molecule has 0 aliphatic carbocycles. The molecule has 0 radical (unpaired) electrons. The zero-order valence-electron chi connectivity index (χ0n) is 5.98. The smallest absolute Gasteiger partial charge is 0.171 e. The highest BCUT2D eigenvalue weighted by Crippen LogP contribution is 1.98. The minimum atomic E-state index is -0.805. The zero-order valence-corrected chi connectivity index (χ0v) is 9.30. The van der Waals surface area contributed by atoms with Crippen molar-refractivity contribution < 1.29 is 4.43 Å². The summed E-state index contributed by atoms with van der Waals surface area (Å²) in [5.74, 6) is 0. The second-order valence-electron chi connectivity index (χ2n) is 2.24. The van der Waals surface area contributed by atoms with Crippen molar-refractivity contribution in [3.63, 3.8) is 0 Å². The number of halogens is 1. The molecule has 0 heterocycles. The summed E-state index contributed by atoms with van der Waals surface area (Å²) in [6.07, 6.45) is 0. The van der Waals surface area contributed by atoms with Gasteiger partial charge in [-0.05, 0) is 18.7 Å². The van der Waals surface area contributed by atoms with E-state index in [0.29, 0.717) is 0 Å². The SMILES string of the molecule is C=C(CI)CO[SiH](C)C. The topological polar surface area (TPSA) is 9.23 Å². The van der Waals surface area contributed by atoms with Gasteiger partial charge in [0.25, 0.3) is 0 Å². The Morgan fingerprint density at radius 2 is 2.22 bits per heavy atom. The number of rotatable bonds is 4. The molecule has 0 aliphatic rings. The molecule has 0 spiro atoms. The Morgan fingerprint density at radius 3 is 2.56 bits per heavy atom. The van der Waals surface area contributed by atoms with E-state index in [-0.39, 0.29) is 0 Å². The molecule has 0 aromatic carbocycles. The van der Waals surface area contributed by atoms with Gasteiger partial charge >= 0.3 is 0 Å². The second kappa shape index (κ2) is 5.43. The average Bonchev–Trinajstić information content (AvgIpc) is 1.83. The highest BCUT2D eigenvalue weighted by atomic mass is 127. The normalized spacial score (nSPS) is 10.2. The molecule has 0 aromatic rings. The Labute approximate surface area is 72.4 Å². The summed E-state index contributed by atoms with van der Waals surface area (Å²) < 4.78 is 6.44. The van der Waals surface area contributed by atoms with Crippen molar-refractivity contribution in [2.75, 3.05) is 11.0 Å². The monoisotopic (exact) mass is 256 g/mol. The summed E-state index contributed by atoms with van der Waals surface area (Å²) in [6.45, 7) is 8.94. The van der Waals surface area contributed by atoms with Crippen molar-refractivity contribution in [3.05, 3.63) is 12.2 Å². The molecule has 0 aromatic heterocycles. The lowest BCUT2D eigenvalue weighted by molar-refractivity contribution is 0.364. The van der Waals surface area contributed by atoms with Crippen LogP contribution in [0.5, 0.6) is 0 Å². The molecule has 1 nitrogen and oxygen atoms in total. The highest BCUT2D eigenvalue weighted by Gasteiger charge is 1.95. The van der Waals surface area contributed by atoms with Crippen LogP contribution in [0, 0.1) is 0 Å². The van der Waals surface area contributed by atoms with Crippen molar-refractivity contribution in [2.45, 2.75) is 13.1 Å². The van der Waals surface area contributed by atoms with E-state index in [2.05, 4.69) is 42.3 Å². The van der Waals surface area contributed by atoms with Crippen LogP contribution in [-0.2, 0) is 4.43 Å². The lowest BCUT2D eigenvalue weighted by atomic mass is 10.4. The molecule has 3 heteroatoms. The van der Waals surface area contributed by atoms with E-state index in [4.69, 9.17) is 4.43 Å². The van der Waals surface area contributed by atoms with Gasteiger partial charge in [-0.2, -0.15) is 0 Å². The van der Waals surface area contributed by atoms with Crippen molar-refractivity contribution in [1.29, 1.82) is 0 Å². The van der Waals surface area contributed by atoms with E-state index < -0.39 is 9.04 Å². The minimum Gasteiger partial charge on any atom is -0.417 e. The van der Waals surface area contributed by atoms with E-state index in [0.717, 1.165) is 11.0 Å². The summed E-state index contributed by atoms with van der Waals surface area (Å²) >= 11 is 2.30. The molecule has 0 fully saturated rings. The van der Waals surface area contributed by atoms with Gasteiger partial charge in [-0.3, -0.25) is 0 Å². The Kier molecular flexibility index (Phi) is 5.82. The zero-order chi connectivity index (χ0) is 7.28. The molecule has 9 heavy (non-hydrogen) atoms. The lowest BCUT2D eigenvalue weighted by Gasteiger charge is -2.05. The molecular weight excluding hydrogens is 243 g/mol. The lowest BCUT2D eigenvalue weighted by Crippen LogP contribution is -2.10. The molecule has 0 unspecified atom stereocenters. The maximum absolute atomic E-state index is 5.43. The Morgan fingerprint density at radius 1 is 1.67 bits per heavy atom. The molecule has 0 saturated heterocycles. The van der Waals surface area contributed by atoms with Gasteiger partial charge in [0.15, 0.2) is 9.04 Å². The number of hydrogen-bond acceptors (Lipinski definition) is 1.